The average Bonchev–Trinajstić information content (AvgIpc) is 2.41. The second-order valence-corrected chi connectivity index (χ2v) is 8.15. The molecule has 0 radical (unpaired) electrons. The summed E-state index contributed by atoms with van der Waals surface area (Å²) < 4.78 is 0. The molecule has 1 saturated carbocycles. The minimum atomic E-state index is 0.319. The third-order valence-electron chi connectivity index (χ3n) is 4.41. The van der Waals surface area contributed by atoms with Gasteiger partial charge >= 0.3 is 0 Å². The zero-order chi connectivity index (χ0) is 15.5. The highest BCUT2D eigenvalue weighted by Gasteiger charge is 2.32. The van der Waals surface area contributed by atoms with E-state index in [9.17, 15) is 0 Å². The van der Waals surface area contributed by atoms with E-state index < -0.39 is 0 Å². The molecular weight excluding hydrogens is 296 g/mol. The lowest BCUT2D eigenvalue weighted by atomic mass is 9.73. The van der Waals surface area contributed by atoms with Crippen LogP contribution in [0.25, 0.3) is 0 Å². The quantitative estimate of drug-likeness (QED) is 0.602. The van der Waals surface area contributed by atoms with Crippen LogP contribution in [0.3, 0.4) is 0 Å². The smallest absolute Gasteiger partial charge is 0.107 e. The predicted octanol–water partition coefficient (Wildman–Crippen LogP) is 4.81. The number of benzene rings is 1. The summed E-state index contributed by atoms with van der Waals surface area (Å²) in [7, 11) is 0. The number of nitrogens with two attached hydrogens (primary N) is 1. The molecule has 2 rings (SSSR count). The van der Waals surface area contributed by atoms with Gasteiger partial charge in [-0.2, -0.15) is 0 Å². The van der Waals surface area contributed by atoms with E-state index in [1.54, 1.807) is 11.8 Å². The van der Waals surface area contributed by atoms with Gasteiger partial charge in [-0.05, 0) is 36.1 Å². The molecule has 0 heterocycles. The number of anilines is 1. The first kappa shape index (κ1) is 16.6. The fourth-order valence-corrected chi connectivity index (χ4v) is 4.27. The number of thioether (sulfide) groups is 1. The molecule has 1 aliphatic rings. The van der Waals surface area contributed by atoms with E-state index in [0.29, 0.717) is 16.4 Å². The summed E-state index contributed by atoms with van der Waals surface area (Å²) in [6.07, 6.45) is 5.12. The topological polar surface area (TPSA) is 38.0 Å². The number of hydrogen-bond acceptors (Lipinski definition) is 3. The van der Waals surface area contributed by atoms with Gasteiger partial charge in [-0.15, -0.1) is 11.8 Å². The van der Waals surface area contributed by atoms with Crippen molar-refractivity contribution in [3.05, 3.63) is 23.8 Å². The monoisotopic (exact) mass is 322 g/mol. The van der Waals surface area contributed by atoms with Crippen LogP contribution < -0.4 is 11.1 Å². The zero-order valence-electron chi connectivity index (χ0n) is 13.2. The van der Waals surface area contributed by atoms with Gasteiger partial charge in [0.15, 0.2) is 0 Å². The Bertz CT molecular complexity index is 512. The molecule has 0 aromatic heterocycles. The van der Waals surface area contributed by atoms with Gasteiger partial charge in [0, 0.05) is 22.2 Å². The summed E-state index contributed by atoms with van der Waals surface area (Å²) in [5, 5.41) is 3.74. The normalized spacial score (nSPS) is 21.0. The Morgan fingerprint density at radius 2 is 2.19 bits per heavy atom. The van der Waals surface area contributed by atoms with Crippen molar-refractivity contribution in [1.82, 2.24) is 0 Å². The summed E-state index contributed by atoms with van der Waals surface area (Å²) in [5.74, 6) is 1.02. The van der Waals surface area contributed by atoms with Crippen LogP contribution in [0.1, 0.15) is 52.0 Å². The van der Waals surface area contributed by atoms with Gasteiger partial charge in [-0.25, -0.2) is 0 Å². The van der Waals surface area contributed by atoms with Gasteiger partial charge in [0.2, 0.25) is 0 Å². The minimum absolute atomic E-state index is 0.319. The lowest BCUT2D eigenvalue weighted by Crippen LogP contribution is -2.39. The third kappa shape index (κ3) is 3.92. The molecule has 0 saturated heterocycles. The molecule has 21 heavy (non-hydrogen) atoms. The van der Waals surface area contributed by atoms with Crippen LogP contribution in [-0.4, -0.2) is 16.8 Å². The van der Waals surface area contributed by atoms with Crippen LogP contribution >= 0.6 is 24.0 Å². The van der Waals surface area contributed by atoms with Crippen LogP contribution in [-0.2, 0) is 0 Å². The summed E-state index contributed by atoms with van der Waals surface area (Å²) in [4.78, 5) is 1.67. The number of nitrogens with one attached hydrogen (secondary N) is 1. The van der Waals surface area contributed by atoms with Gasteiger partial charge < -0.3 is 11.1 Å². The third-order valence-corrected chi connectivity index (χ3v) is 5.55. The molecule has 1 aromatic carbocycles. The van der Waals surface area contributed by atoms with Crippen LogP contribution in [0.15, 0.2) is 23.1 Å². The van der Waals surface area contributed by atoms with Crippen LogP contribution in [0.4, 0.5) is 5.69 Å². The SMILES string of the molecule is CCSc1cccc(NC2CCCCC2(C)C)c1C(N)=S. The molecule has 1 atom stereocenters. The van der Waals surface area contributed by atoms with Crippen molar-refractivity contribution in [2.75, 3.05) is 11.1 Å². The molecule has 0 aliphatic heterocycles. The molecule has 0 spiro atoms. The maximum Gasteiger partial charge on any atom is 0.107 e. The molecule has 1 aromatic rings. The van der Waals surface area contributed by atoms with Gasteiger partial charge in [0.05, 0.1) is 0 Å². The van der Waals surface area contributed by atoms with Crippen molar-refractivity contribution < 1.29 is 0 Å². The van der Waals surface area contributed by atoms with E-state index in [4.69, 9.17) is 18.0 Å². The minimum Gasteiger partial charge on any atom is -0.389 e. The Balaban J connectivity index is 2.30. The lowest BCUT2D eigenvalue weighted by molar-refractivity contribution is 0.217. The lowest BCUT2D eigenvalue weighted by Gasteiger charge is -2.40. The van der Waals surface area contributed by atoms with Crippen LogP contribution in [0, 0.1) is 5.41 Å². The molecule has 116 valence electrons. The van der Waals surface area contributed by atoms with Crippen molar-refractivity contribution in [2.24, 2.45) is 11.1 Å². The molecule has 4 heteroatoms. The van der Waals surface area contributed by atoms with Gasteiger partial charge in [-0.1, -0.05) is 51.9 Å². The highest BCUT2D eigenvalue weighted by atomic mass is 32.2. The van der Waals surface area contributed by atoms with Crippen molar-refractivity contribution in [3.8, 4) is 0 Å². The summed E-state index contributed by atoms with van der Waals surface area (Å²) in [6, 6.07) is 6.80. The van der Waals surface area contributed by atoms with E-state index in [-0.39, 0.29) is 0 Å². The number of hydrogen-bond donors (Lipinski definition) is 2. The largest absolute Gasteiger partial charge is 0.389 e. The molecule has 1 aliphatic carbocycles. The maximum absolute atomic E-state index is 6.00. The Labute approximate surface area is 138 Å². The van der Waals surface area contributed by atoms with E-state index >= 15 is 0 Å². The van der Waals surface area contributed by atoms with Crippen molar-refractivity contribution >= 4 is 34.7 Å². The molecular formula is C17H26N2S2. The average molecular weight is 323 g/mol. The summed E-state index contributed by atoms with van der Waals surface area (Å²) >= 11 is 7.10. The van der Waals surface area contributed by atoms with Gasteiger partial charge in [0.25, 0.3) is 0 Å². The Morgan fingerprint density at radius 1 is 1.43 bits per heavy atom. The second kappa shape index (κ2) is 7.01. The summed E-state index contributed by atoms with van der Waals surface area (Å²) in [5.41, 5.74) is 8.43. The van der Waals surface area contributed by atoms with Crippen molar-refractivity contribution in [3.63, 3.8) is 0 Å². The van der Waals surface area contributed by atoms with Crippen molar-refractivity contribution in [2.45, 2.75) is 57.4 Å². The predicted molar refractivity (Wildman–Crippen MR) is 98.4 cm³/mol. The van der Waals surface area contributed by atoms with Crippen LogP contribution in [0.2, 0.25) is 0 Å². The number of rotatable bonds is 5. The van der Waals surface area contributed by atoms with E-state index in [2.05, 4.69) is 44.3 Å². The first-order valence-corrected chi connectivity index (χ1v) is 9.17. The highest BCUT2D eigenvalue weighted by Crippen LogP contribution is 2.38. The molecule has 0 bridgehead atoms. The zero-order valence-corrected chi connectivity index (χ0v) is 14.9. The Hall–Kier alpha value is -0.740. The summed E-state index contributed by atoms with van der Waals surface area (Å²) in [6.45, 7) is 6.86. The Morgan fingerprint density at radius 3 is 2.81 bits per heavy atom. The second-order valence-electron chi connectivity index (χ2n) is 6.41. The fraction of sp³-hybridized carbons (Fsp3) is 0.588. The van der Waals surface area contributed by atoms with Crippen LogP contribution in [0.5, 0.6) is 0 Å². The van der Waals surface area contributed by atoms with E-state index in [1.165, 1.54) is 30.6 Å². The molecule has 0 amide bonds. The van der Waals surface area contributed by atoms with Crippen molar-refractivity contribution in [1.29, 1.82) is 0 Å². The first-order chi connectivity index (χ1) is 9.95. The number of thiocarbonyl (C=S) groups is 1. The highest BCUT2D eigenvalue weighted by molar-refractivity contribution is 7.99. The van der Waals surface area contributed by atoms with Gasteiger partial charge in [-0.3, -0.25) is 0 Å². The fourth-order valence-electron chi connectivity index (χ4n) is 3.13. The van der Waals surface area contributed by atoms with E-state index in [0.717, 1.165) is 17.0 Å². The van der Waals surface area contributed by atoms with Gasteiger partial charge in [0.1, 0.15) is 4.99 Å². The first-order valence-electron chi connectivity index (χ1n) is 7.78. The molecule has 1 unspecified atom stereocenters. The standard InChI is InChI=1S/C17H26N2S2/c1-4-21-13-9-7-8-12(15(13)16(18)20)19-14-10-5-6-11-17(14,2)3/h7-9,14,19H,4-6,10-11H2,1-3H3,(H2,18,20). The Kier molecular flexibility index (Phi) is 5.55. The maximum atomic E-state index is 6.00. The molecule has 2 nitrogen and oxygen atoms in total. The van der Waals surface area contributed by atoms with E-state index in [1.807, 2.05) is 0 Å². The molecule has 1 fully saturated rings. The molecule has 3 N–H and O–H groups in total.